The molecule has 4 heteroatoms. The number of likely N-dealkylation sites (tertiary alicyclic amines) is 1. The number of hydrogen-bond donors (Lipinski definition) is 1. The molecule has 1 aliphatic heterocycles. The Morgan fingerprint density at radius 1 is 1.42 bits per heavy atom. The SMILES string of the molecule is CCn1nc(C)c(C(C)NC2CCCN(C)C2)c1C. The highest BCUT2D eigenvalue weighted by Gasteiger charge is 2.22. The van der Waals surface area contributed by atoms with Crippen LogP contribution in [0.5, 0.6) is 0 Å². The standard InChI is InChI=1S/C15H28N4/c1-6-19-13(4)15(12(3)17-19)11(2)16-14-8-7-9-18(5)10-14/h11,14,16H,6-10H2,1-5H3. The van der Waals surface area contributed by atoms with Gasteiger partial charge in [0.05, 0.1) is 5.69 Å². The Morgan fingerprint density at radius 2 is 2.16 bits per heavy atom. The van der Waals surface area contributed by atoms with Gasteiger partial charge in [0, 0.05) is 36.4 Å². The number of aryl methyl sites for hydroxylation is 2. The molecule has 0 aromatic carbocycles. The normalized spacial score (nSPS) is 22.7. The predicted molar refractivity (Wildman–Crippen MR) is 79.4 cm³/mol. The van der Waals surface area contributed by atoms with Gasteiger partial charge in [-0.05, 0) is 54.1 Å². The van der Waals surface area contributed by atoms with Gasteiger partial charge in [0.1, 0.15) is 0 Å². The molecule has 0 bridgehead atoms. The summed E-state index contributed by atoms with van der Waals surface area (Å²) in [6, 6.07) is 0.995. The van der Waals surface area contributed by atoms with Crippen molar-refractivity contribution in [1.82, 2.24) is 20.0 Å². The number of rotatable bonds is 4. The van der Waals surface area contributed by atoms with Crippen LogP contribution in [0.15, 0.2) is 0 Å². The Morgan fingerprint density at radius 3 is 2.74 bits per heavy atom. The van der Waals surface area contributed by atoms with E-state index in [0.717, 1.165) is 13.1 Å². The first kappa shape index (κ1) is 14.5. The molecule has 1 aliphatic rings. The molecule has 0 saturated carbocycles. The summed E-state index contributed by atoms with van der Waals surface area (Å²) in [6.07, 6.45) is 2.59. The highest BCUT2D eigenvalue weighted by molar-refractivity contribution is 5.28. The smallest absolute Gasteiger partial charge is 0.0644 e. The van der Waals surface area contributed by atoms with Crippen molar-refractivity contribution in [3.63, 3.8) is 0 Å². The summed E-state index contributed by atoms with van der Waals surface area (Å²) in [6.45, 7) is 12.1. The summed E-state index contributed by atoms with van der Waals surface area (Å²) >= 11 is 0. The van der Waals surface area contributed by atoms with Crippen molar-refractivity contribution in [2.24, 2.45) is 0 Å². The van der Waals surface area contributed by atoms with Crippen LogP contribution >= 0.6 is 0 Å². The fourth-order valence-corrected chi connectivity index (χ4v) is 3.38. The monoisotopic (exact) mass is 264 g/mol. The van der Waals surface area contributed by atoms with Crippen molar-refractivity contribution in [3.05, 3.63) is 17.0 Å². The summed E-state index contributed by atoms with van der Waals surface area (Å²) < 4.78 is 2.11. The lowest BCUT2D eigenvalue weighted by Crippen LogP contribution is -2.44. The highest BCUT2D eigenvalue weighted by atomic mass is 15.3. The fourth-order valence-electron chi connectivity index (χ4n) is 3.38. The average molecular weight is 264 g/mol. The first-order chi connectivity index (χ1) is 9.02. The third-order valence-corrected chi connectivity index (χ3v) is 4.28. The third-order valence-electron chi connectivity index (χ3n) is 4.28. The molecular weight excluding hydrogens is 236 g/mol. The Balaban J connectivity index is 2.07. The van der Waals surface area contributed by atoms with E-state index in [9.17, 15) is 0 Å². The largest absolute Gasteiger partial charge is 0.306 e. The average Bonchev–Trinajstić information content (AvgIpc) is 2.64. The van der Waals surface area contributed by atoms with Gasteiger partial charge in [-0.25, -0.2) is 0 Å². The third kappa shape index (κ3) is 3.18. The molecule has 108 valence electrons. The van der Waals surface area contributed by atoms with Crippen molar-refractivity contribution in [3.8, 4) is 0 Å². The summed E-state index contributed by atoms with van der Waals surface area (Å²) in [5.41, 5.74) is 3.86. The van der Waals surface area contributed by atoms with Crippen LogP contribution in [0, 0.1) is 13.8 Å². The lowest BCUT2D eigenvalue weighted by Gasteiger charge is -2.32. The van der Waals surface area contributed by atoms with E-state index in [0.29, 0.717) is 12.1 Å². The van der Waals surface area contributed by atoms with Crippen molar-refractivity contribution < 1.29 is 0 Å². The Kier molecular flexibility index (Phi) is 4.63. The number of likely N-dealkylation sites (N-methyl/N-ethyl adjacent to an activating group) is 1. The first-order valence-electron chi connectivity index (χ1n) is 7.51. The van der Waals surface area contributed by atoms with Crippen molar-refractivity contribution >= 4 is 0 Å². The summed E-state index contributed by atoms with van der Waals surface area (Å²) in [7, 11) is 2.21. The maximum atomic E-state index is 4.62. The molecule has 1 aromatic heterocycles. The van der Waals surface area contributed by atoms with Gasteiger partial charge in [-0.2, -0.15) is 5.10 Å². The van der Waals surface area contributed by atoms with Gasteiger partial charge in [0.15, 0.2) is 0 Å². The second-order valence-electron chi connectivity index (χ2n) is 5.89. The number of hydrogen-bond acceptors (Lipinski definition) is 3. The number of piperidine rings is 1. The fraction of sp³-hybridized carbons (Fsp3) is 0.800. The number of aromatic nitrogens is 2. The van der Waals surface area contributed by atoms with Gasteiger partial charge in [0.2, 0.25) is 0 Å². The molecule has 0 spiro atoms. The molecular formula is C15H28N4. The van der Waals surface area contributed by atoms with Crippen LogP contribution in [-0.4, -0.2) is 40.9 Å². The summed E-state index contributed by atoms with van der Waals surface area (Å²) in [4.78, 5) is 2.42. The highest BCUT2D eigenvalue weighted by Crippen LogP contribution is 2.23. The van der Waals surface area contributed by atoms with Crippen LogP contribution in [0.4, 0.5) is 0 Å². The molecule has 2 rings (SSSR count). The molecule has 0 aliphatic carbocycles. The van der Waals surface area contributed by atoms with E-state index in [-0.39, 0.29) is 0 Å². The molecule has 1 aromatic rings. The molecule has 2 atom stereocenters. The van der Waals surface area contributed by atoms with Crippen LogP contribution in [-0.2, 0) is 6.54 Å². The van der Waals surface area contributed by atoms with E-state index in [1.807, 2.05) is 0 Å². The second kappa shape index (κ2) is 6.06. The van der Waals surface area contributed by atoms with Gasteiger partial charge >= 0.3 is 0 Å². The lowest BCUT2D eigenvalue weighted by atomic mass is 10.0. The van der Waals surface area contributed by atoms with Gasteiger partial charge in [-0.15, -0.1) is 0 Å². The minimum Gasteiger partial charge on any atom is -0.306 e. The molecule has 1 saturated heterocycles. The zero-order chi connectivity index (χ0) is 14.0. The topological polar surface area (TPSA) is 33.1 Å². The van der Waals surface area contributed by atoms with Crippen LogP contribution in [0.1, 0.15) is 49.7 Å². The maximum absolute atomic E-state index is 4.62. The summed E-state index contributed by atoms with van der Waals surface area (Å²) in [5, 5.41) is 8.41. The molecule has 1 fully saturated rings. The van der Waals surface area contributed by atoms with Crippen molar-refractivity contribution in [1.29, 1.82) is 0 Å². The van der Waals surface area contributed by atoms with E-state index in [2.05, 4.69) is 54.7 Å². The molecule has 19 heavy (non-hydrogen) atoms. The van der Waals surface area contributed by atoms with E-state index < -0.39 is 0 Å². The Hall–Kier alpha value is -0.870. The minimum atomic E-state index is 0.386. The quantitative estimate of drug-likeness (QED) is 0.905. The van der Waals surface area contributed by atoms with E-state index >= 15 is 0 Å². The number of nitrogens with zero attached hydrogens (tertiary/aromatic N) is 3. The van der Waals surface area contributed by atoms with Gasteiger partial charge in [-0.3, -0.25) is 4.68 Å². The second-order valence-corrected chi connectivity index (χ2v) is 5.89. The molecule has 0 amide bonds. The predicted octanol–water partition coefficient (Wildman–Crippen LogP) is 2.26. The van der Waals surface area contributed by atoms with Crippen LogP contribution < -0.4 is 5.32 Å². The lowest BCUT2D eigenvalue weighted by molar-refractivity contribution is 0.218. The minimum absolute atomic E-state index is 0.386. The van der Waals surface area contributed by atoms with Crippen LogP contribution in [0.3, 0.4) is 0 Å². The van der Waals surface area contributed by atoms with Crippen molar-refractivity contribution in [2.45, 2.75) is 59.2 Å². The van der Waals surface area contributed by atoms with Crippen molar-refractivity contribution in [2.75, 3.05) is 20.1 Å². The first-order valence-corrected chi connectivity index (χ1v) is 7.51. The Labute approximate surface area is 117 Å². The van der Waals surface area contributed by atoms with Gasteiger partial charge in [-0.1, -0.05) is 0 Å². The van der Waals surface area contributed by atoms with E-state index in [1.54, 1.807) is 0 Å². The zero-order valence-corrected chi connectivity index (χ0v) is 13.0. The Bertz CT molecular complexity index is 424. The molecule has 0 radical (unpaired) electrons. The van der Waals surface area contributed by atoms with Gasteiger partial charge in [0.25, 0.3) is 0 Å². The number of nitrogens with one attached hydrogen (secondary N) is 1. The molecule has 2 unspecified atom stereocenters. The molecule has 1 N–H and O–H groups in total. The van der Waals surface area contributed by atoms with Gasteiger partial charge < -0.3 is 10.2 Å². The molecule has 2 heterocycles. The zero-order valence-electron chi connectivity index (χ0n) is 13.0. The van der Waals surface area contributed by atoms with Crippen LogP contribution in [0.2, 0.25) is 0 Å². The maximum Gasteiger partial charge on any atom is 0.0644 e. The van der Waals surface area contributed by atoms with E-state index in [1.165, 1.54) is 36.3 Å². The molecule has 4 nitrogen and oxygen atoms in total. The summed E-state index contributed by atoms with van der Waals surface area (Å²) in [5.74, 6) is 0. The van der Waals surface area contributed by atoms with Crippen LogP contribution in [0.25, 0.3) is 0 Å². The van der Waals surface area contributed by atoms with E-state index in [4.69, 9.17) is 0 Å².